The van der Waals surface area contributed by atoms with E-state index in [1.807, 2.05) is 13.8 Å². The van der Waals surface area contributed by atoms with Crippen molar-refractivity contribution in [2.45, 2.75) is 25.9 Å². The maximum atomic E-state index is 11.8. The van der Waals surface area contributed by atoms with Gasteiger partial charge in [-0.3, -0.25) is 0 Å². The predicted octanol–water partition coefficient (Wildman–Crippen LogP) is -0.525. The van der Waals surface area contributed by atoms with Crippen molar-refractivity contribution in [2.24, 2.45) is 0 Å². The van der Waals surface area contributed by atoms with Gasteiger partial charge >= 0.3 is 0 Å². The minimum Gasteiger partial charge on any atom is -0.309 e. The van der Waals surface area contributed by atoms with E-state index in [9.17, 15) is 8.42 Å². The lowest BCUT2D eigenvalue weighted by molar-refractivity contribution is 0.252. The first-order chi connectivity index (χ1) is 6.34. The summed E-state index contributed by atoms with van der Waals surface area (Å²) >= 11 is 0. The Morgan fingerprint density at radius 2 is 1.64 bits per heavy atom. The lowest BCUT2D eigenvalue weighted by Gasteiger charge is -2.36. The molecule has 0 aromatic heterocycles. The number of rotatable bonds is 2. The number of piperazine rings is 1. The van der Waals surface area contributed by atoms with Crippen LogP contribution in [0.1, 0.15) is 13.8 Å². The van der Waals surface area contributed by atoms with Crippen molar-refractivity contribution < 1.29 is 8.42 Å². The van der Waals surface area contributed by atoms with Gasteiger partial charge in [0.2, 0.25) is 0 Å². The van der Waals surface area contributed by atoms with Crippen LogP contribution in [0.15, 0.2) is 0 Å². The maximum absolute atomic E-state index is 11.8. The van der Waals surface area contributed by atoms with Gasteiger partial charge in [0.1, 0.15) is 0 Å². The zero-order valence-corrected chi connectivity index (χ0v) is 10.0. The van der Waals surface area contributed by atoms with Crippen molar-refractivity contribution in [1.82, 2.24) is 13.9 Å². The van der Waals surface area contributed by atoms with Crippen LogP contribution in [-0.2, 0) is 10.2 Å². The van der Waals surface area contributed by atoms with E-state index in [1.165, 1.54) is 8.61 Å². The molecule has 1 aliphatic rings. The molecule has 0 aliphatic carbocycles. The van der Waals surface area contributed by atoms with E-state index >= 15 is 0 Å². The quantitative estimate of drug-likeness (QED) is 0.682. The van der Waals surface area contributed by atoms with Crippen LogP contribution >= 0.6 is 0 Å². The van der Waals surface area contributed by atoms with E-state index in [1.54, 1.807) is 14.1 Å². The molecule has 84 valence electrons. The average molecular weight is 221 g/mol. The first-order valence-corrected chi connectivity index (χ1v) is 6.17. The first-order valence-electron chi connectivity index (χ1n) is 4.77. The standard InChI is InChI=1S/C8H19N3O2S/c1-7-5-11(6-8(2)9-7)14(12,13)10(3)4/h7-9H,5-6H2,1-4H3/t7-,8-/m0/s1. The molecule has 1 heterocycles. The number of nitrogens with one attached hydrogen (secondary N) is 1. The van der Waals surface area contributed by atoms with Gasteiger partial charge < -0.3 is 5.32 Å². The minimum atomic E-state index is -3.24. The van der Waals surface area contributed by atoms with Crippen molar-refractivity contribution in [2.75, 3.05) is 27.2 Å². The molecular weight excluding hydrogens is 202 g/mol. The molecule has 0 bridgehead atoms. The Kier molecular flexibility index (Phi) is 3.52. The van der Waals surface area contributed by atoms with Crippen LogP contribution in [0.5, 0.6) is 0 Å². The molecule has 0 amide bonds. The summed E-state index contributed by atoms with van der Waals surface area (Å²) in [5, 5.41) is 3.30. The Morgan fingerprint density at radius 3 is 2.00 bits per heavy atom. The van der Waals surface area contributed by atoms with Crippen LogP contribution in [0.3, 0.4) is 0 Å². The number of hydrogen-bond donors (Lipinski definition) is 1. The SMILES string of the molecule is C[C@H]1CN(S(=O)(=O)N(C)C)C[C@H](C)N1. The van der Waals surface area contributed by atoms with Crippen LogP contribution in [0.2, 0.25) is 0 Å². The van der Waals surface area contributed by atoms with Crippen molar-refractivity contribution in [3.05, 3.63) is 0 Å². The number of hydrogen-bond acceptors (Lipinski definition) is 3. The second-order valence-electron chi connectivity index (χ2n) is 4.08. The highest BCUT2D eigenvalue weighted by Gasteiger charge is 2.31. The highest BCUT2D eigenvalue weighted by atomic mass is 32.2. The summed E-state index contributed by atoms with van der Waals surface area (Å²) in [4.78, 5) is 0. The van der Waals surface area contributed by atoms with E-state index in [-0.39, 0.29) is 12.1 Å². The zero-order valence-electron chi connectivity index (χ0n) is 9.19. The molecule has 2 atom stereocenters. The van der Waals surface area contributed by atoms with Crippen LogP contribution in [-0.4, -0.2) is 56.3 Å². The lowest BCUT2D eigenvalue weighted by atomic mass is 10.2. The molecule has 1 fully saturated rings. The molecule has 1 N–H and O–H groups in total. The molecule has 5 nitrogen and oxygen atoms in total. The van der Waals surface area contributed by atoms with Crippen molar-refractivity contribution >= 4 is 10.2 Å². The van der Waals surface area contributed by atoms with Crippen molar-refractivity contribution in [1.29, 1.82) is 0 Å². The molecule has 0 spiro atoms. The summed E-state index contributed by atoms with van der Waals surface area (Å²) in [5.41, 5.74) is 0. The fraction of sp³-hybridized carbons (Fsp3) is 1.00. The van der Waals surface area contributed by atoms with Gasteiger partial charge in [-0.25, -0.2) is 0 Å². The number of nitrogens with zero attached hydrogens (tertiary/aromatic N) is 2. The molecule has 0 unspecified atom stereocenters. The summed E-state index contributed by atoms with van der Waals surface area (Å²) in [6.07, 6.45) is 0. The lowest BCUT2D eigenvalue weighted by Crippen LogP contribution is -2.57. The van der Waals surface area contributed by atoms with E-state index in [0.29, 0.717) is 13.1 Å². The summed E-state index contributed by atoms with van der Waals surface area (Å²) in [5.74, 6) is 0. The van der Waals surface area contributed by atoms with Gasteiger partial charge in [0.15, 0.2) is 0 Å². The average Bonchev–Trinajstić information content (AvgIpc) is 2.01. The van der Waals surface area contributed by atoms with E-state index in [4.69, 9.17) is 0 Å². The fourth-order valence-electron chi connectivity index (χ4n) is 1.70. The van der Waals surface area contributed by atoms with Gasteiger partial charge in [0, 0.05) is 39.3 Å². The Balaban J connectivity index is 2.78. The first kappa shape index (κ1) is 11.9. The molecule has 1 saturated heterocycles. The Morgan fingerprint density at radius 1 is 1.21 bits per heavy atom. The normalized spacial score (nSPS) is 30.9. The minimum absolute atomic E-state index is 0.216. The van der Waals surface area contributed by atoms with Crippen molar-refractivity contribution in [3.8, 4) is 0 Å². The van der Waals surface area contributed by atoms with Gasteiger partial charge in [-0.1, -0.05) is 0 Å². The van der Waals surface area contributed by atoms with Gasteiger partial charge in [-0.15, -0.1) is 0 Å². The van der Waals surface area contributed by atoms with E-state index in [0.717, 1.165) is 0 Å². The summed E-state index contributed by atoms with van der Waals surface area (Å²) in [7, 11) is -0.115. The van der Waals surface area contributed by atoms with Gasteiger partial charge in [0.25, 0.3) is 10.2 Å². The third-order valence-electron chi connectivity index (χ3n) is 2.31. The summed E-state index contributed by atoms with van der Waals surface area (Å²) < 4.78 is 26.4. The second kappa shape index (κ2) is 4.14. The topological polar surface area (TPSA) is 52.7 Å². The third-order valence-corrected chi connectivity index (χ3v) is 4.19. The largest absolute Gasteiger partial charge is 0.309 e. The van der Waals surface area contributed by atoms with Gasteiger partial charge in [-0.05, 0) is 13.8 Å². The zero-order chi connectivity index (χ0) is 10.9. The van der Waals surface area contributed by atoms with Crippen LogP contribution in [0.4, 0.5) is 0 Å². The Hall–Kier alpha value is -0.170. The van der Waals surface area contributed by atoms with Crippen LogP contribution in [0, 0.1) is 0 Å². The Labute approximate surface area is 86.3 Å². The van der Waals surface area contributed by atoms with Gasteiger partial charge in [-0.2, -0.15) is 17.0 Å². The molecule has 6 heteroatoms. The molecule has 14 heavy (non-hydrogen) atoms. The summed E-state index contributed by atoms with van der Waals surface area (Å²) in [6, 6.07) is 0.432. The van der Waals surface area contributed by atoms with E-state index in [2.05, 4.69) is 5.32 Å². The highest BCUT2D eigenvalue weighted by molar-refractivity contribution is 7.86. The maximum Gasteiger partial charge on any atom is 0.281 e. The summed E-state index contributed by atoms with van der Waals surface area (Å²) in [6.45, 7) is 5.08. The van der Waals surface area contributed by atoms with Crippen molar-refractivity contribution in [3.63, 3.8) is 0 Å². The van der Waals surface area contributed by atoms with Gasteiger partial charge in [0.05, 0.1) is 0 Å². The molecule has 0 saturated carbocycles. The third kappa shape index (κ3) is 2.44. The molecular formula is C8H19N3O2S. The second-order valence-corrected chi connectivity index (χ2v) is 6.22. The molecule has 0 aromatic carbocycles. The Bertz CT molecular complexity index is 279. The molecule has 0 aromatic rings. The van der Waals surface area contributed by atoms with Crippen LogP contribution < -0.4 is 5.32 Å². The molecule has 1 aliphatic heterocycles. The fourth-order valence-corrected chi connectivity index (χ4v) is 2.98. The van der Waals surface area contributed by atoms with Crippen LogP contribution in [0.25, 0.3) is 0 Å². The molecule has 0 radical (unpaired) electrons. The monoisotopic (exact) mass is 221 g/mol. The highest BCUT2D eigenvalue weighted by Crippen LogP contribution is 2.11. The molecule has 1 rings (SSSR count). The van der Waals surface area contributed by atoms with E-state index < -0.39 is 10.2 Å². The predicted molar refractivity (Wildman–Crippen MR) is 56.2 cm³/mol. The smallest absolute Gasteiger partial charge is 0.281 e.